The highest BCUT2D eigenvalue weighted by atomic mass is 16.6. The fourth-order valence-electron chi connectivity index (χ4n) is 2.36. The molecule has 0 saturated heterocycles. The molecule has 0 atom stereocenters. The average molecular weight is 286 g/mol. The first-order valence-corrected chi connectivity index (χ1v) is 6.56. The molecule has 1 aromatic heterocycles. The first kappa shape index (κ1) is 13.3. The maximum atomic E-state index is 11.9. The smallest absolute Gasteiger partial charge is 0.321 e. The topological polar surface area (TPSA) is 100 Å². The molecule has 0 radical (unpaired) electrons. The summed E-state index contributed by atoms with van der Waals surface area (Å²) in [5, 5.41) is 16.6. The van der Waals surface area contributed by atoms with Gasteiger partial charge in [0.15, 0.2) is 5.69 Å². The van der Waals surface area contributed by atoms with E-state index in [0.29, 0.717) is 6.54 Å². The Morgan fingerprint density at radius 3 is 2.81 bits per heavy atom. The Labute approximate surface area is 120 Å². The van der Waals surface area contributed by atoms with Crippen molar-refractivity contribution in [3.63, 3.8) is 0 Å². The number of nitrogens with zero attached hydrogens (tertiary/aromatic N) is 1. The molecule has 0 bridgehead atoms. The van der Waals surface area contributed by atoms with Crippen molar-refractivity contribution >= 4 is 11.7 Å². The third kappa shape index (κ3) is 2.77. The summed E-state index contributed by atoms with van der Waals surface area (Å²) in [4.78, 5) is 24.4. The zero-order valence-electron chi connectivity index (χ0n) is 11.2. The van der Waals surface area contributed by atoms with Gasteiger partial charge in [-0.15, -0.1) is 0 Å². The summed E-state index contributed by atoms with van der Waals surface area (Å²) >= 11 is 0. The summed E-state index contributed by atoms with van der Waals surface area (Å²) in [6, 6.07) is 8.77. The monoisotopic (exact) mass is 286 g/mol. The van der Waals surface area contributed by atoms with Gasteiger partial charge in [0, 0.05) is 25.7 Å². The molecule has 2 heterocycles. The summed E-state index contributed by atoms with van der Waals surface area (Å²) in [6.07, 6.45) is 0. The molecule has 7 heteroatoms. The van der Waals surface area contributed by atoms with E-state index in [0.717, 1.165) is 18.7 Å². The van der Waals surface area contributed by atoms with Crippen LogP contribution in [0.2, 0.25) is 0 Å². The van der Waals surface area contributed by atoms with Gasteiger partial charge in [0.2, 0.25) is 0 Å². The van der Waals surface area contributed by atoms with Crippen LogP contribution in [0.1, 0.15) is 27.2 Å². The van der Waals surface area contributed by atoms with Crippen molar-refractivity contribution in [1.82, 2.24) is 15.6 Å². The van der Waals surface area contributed by atoms with Crippen molar-refractivity contribution in [3.05, 3.63) is 62.8 Å². The molecule has 3 rings (SSSR count). The van der Waals surface area contributed by atoms with E-state index in [-0.39, 0.29) is 17.4 Å². The molecule has 1 amide bonds. The Morgan fingerprint density at radius 2 is 2.05 bits per heavy atom. The van der Waals surface area contributed by atoms with Crippen LogP contribution in [0.15, 0.2) is 30.3 Å². The van der Waals surface area contributed by atoms with Gasteiger partial charge in [-0.25, -0.2) is 4.98 Å². The lowest BCUT2D eigenvalue weighted by molar-refractivity contribution is -0.389. The molecule has 0 unspecified atom stereocenters. The number of carbonyl (C=O) groups is 1. The van der Waals surface area contributed by atoms with Gasteiger partial charge in [0.1, 0.15) is 0 Å². The first-order chi connectivity index (χ1) is 10.1. The third-order valence-electron chi connectivity index (χ3n) is 3.47. The second-order valence-electron chi connectivity index (χ2n) is 4.90. The number of benzene rings is 1. The number of amides is 1. The molecule has 1 aliphatic rings. The van der Waals surface area contributed by atoms with Gasteiger partial charge >= 0.3 is 5.82 Å². The minimum absolute atomic E-state index is 0.185. The van der Waals surface area contributed by atoms with Crippen molar-refractivity contribution in [1.29, 1.82) is 0 Å². The predicted octanol–water partition coefficient (Wildman–Crippen LogP) is 1.46. The van der Waals surface area contributed by atoms with Crippen LogP contribution in [0.4, 0.5) is 5.82 Å². The van der Waals surface area contributed by atoms with E-state index < -0.39 is 4.92 Å². The summed E-state index contributed by atoms with van der Waals surface area (Å²) in [7, 11) is 0. The van der Waals surface area contributed by atoms with Crippen LogP contribution in [0, 0.1) is 10.1 Å². The number of aromatic amines is 1. The van der Waals surface area contributed by atoms with E-state index in [4.69, 9.17) is 0 Å². The number of nitro groups is 1. The van der Waals surface area contributed by atoms with Gasteiger partial charge in [-0.05, 0) is 27.7 Å². The molecule has 21 heavy (non-hydrogen) atoms. The minimum atomic E-state index is -0.565. The lowest BCUT2D eigenvalue weighted by Crippen LogP contribution is -2.23. The summed E-state index contributed by atoms with van der Waals surface area (Å²) in [5.41, 5.74) is 3.72. The molecular formula is C14H14N4O3. The van der Waals surface area contributed by atoms with E-state index in [2.05, 4.69) is 27.8 Å². The maximum absolute atomic E-state index is 11.9. The zero-order chi connectivity index (χ0) is 14.8. The second kappa shape index (κ2) is 5.37. The fourth-order valence-corrected chi connectivity index (χ4v) is 2.36. The Morgan fingerprint density at radius 1 is 1.24 bits per heavy atom. The zero-order valence-corrected chi connectivity index (χ0v) is 11.2. The minimum Gasteiger partial charge on any atom is -0.358 e. The van der Waals surface area contributed by atoms with E-state index in [1.807, 2.05) is 6.07 Å². The highest BCUT2D eigenvalue weighted by Gasteiger charge is 2.15. The van der Waals surface area contributed by atoms with Crippen LogP contribution in [0.3, 0.4) is 0 Å². The maximum Gasteiger partial charge on any atom is 0.321 e. The third-order valence-corrected chi connectivity index (χ3v) is 3.47. The summed E-state index contributed by atoms with van der Waals surface area (Å²) in [5.74, 6) is -0.550. The number of rotatable bonds is 4. The molecule has 7 nitrogen and oxygen atoms in total. The van der Waals surface area contributed by atoms with E-state index in [1.54, 1.807) is 0 Å². The van der Waals surface area contributed by atoms with Crippen LogP contribution < -0.4 is 10.6 Å². The number of aromatic nitrogens is 1. The van der Waals surface area contributed by atoms with Crippen molar-refractivity contribution in [3.8, 4) is 0 Å². The Hall–Kier alpha value is -2.67. The van der Waals surface area contributed by atoms with Crippen molar-refractivity contribution in [2.24, 2.45) is 0 Å². The molecule has 3 N–H and O–H groups in total. The second-order valence-corrected chi connectivity index (χ2v) is 4.90. The Bertz CT molecular complexity index is 708. The summed E-state index contributed by atoms with van der Waals surface area (Å²) in [6.45, 7) is 2.12. The van der Waals surface area contributed by atoms with Crippen LogP contribution >= 0.6 is 0 Å². The van der Waals surface area contributed by atoms with Gasteiger partial charge in [-0.1, -0.05) is 18.2 Å². The summed E-state index contributed by atoms with van der Waals surface area (Å²) < 4.78 is 0. The number of hydrogen-bond acceptors (Lipinski definition) is 4. The molecular weight excluding hydrogens is 272 g/mol. The van der Waals surface area contributed by atoms with Gasteiger partial charge in [0.25, 0.3) is 5.91 Å². The van der Waals surface area contributed by atoms with E-state index in [1.165, 1.54) is 23.3 Å². The number of nitrogens with one attached hydrogen (secondary N) is 3. The molecule has 1 aliphatic heterocycles. The van der Waals surface area contributed by atoms with E-state index >= 15 is 0 Å². The number of hydrogen-bond donors (Lipinski definition) is 3. The quantitative estimate of drug-likeness (QED) is 0.585. The van der Waals surface area contributed by atoms with E-state index in [9.17, 15) is 14.9 Å². The molecule has 0 spiro atoms. The molecule has 2 aromatic rings. The van der Waals surface area contributed by atoms with Crippen LogP contribution in [0.25, 0.3) is 0 Å². The average Bonchev–Trinajstić information content (AvgIpc) is 3.12. The standard InChI is InChI=1S/C14H14N4O3/c19-14(12-3-4-13(17-12)18(20)21)16-6-9-1-2-10-7-15-8-11(10)5-9/h1-5,15,17H,6-8H2,(H,16,19). The normalized spacial score (nSPS) is 13.0. The molecule has 0 aliphatic carbocycles. The predicted molar refractivity (Wildman–Crippen MR) is 75.6 cm³/mol. The van der Waals surface area contributed by atoms with Gasteiger partial charge in [-0.2, -0.15) is 0 Å². The van der Waals surface area contributed by atoms with Crippen molar-refractivity contribution < 1.29 is 9.72 Å². The molecule has 0 fully saturated rings. The van der Waals surface area contributed by atoms with Gasteiger partial charge in [0.05, 0.1) is 0 Å². The van der Waals surface area contributed by atoms with Crippen LogP contribution in [0.5, 0.6) is 0 Å². The number of fused-ring (bicyclic) bond motifs is 1. The van der Waals surface area contributed by atoms with Crippen molar-refractivity contribution in [2.45, 2.75) is 19.6 Å². The number of H-pyrrole nitrogens is 1. The first-order valence-electron chi connectivity index (χ1n) is 6.56. The number of carbonyl (C=O) groups excluding carboxylic acids is 1. The van der Waals surface area contributed by atoms with Gasteiger partial charge in [-0.3, -0.25) is 4.79 Å². The Balaban J connectivity index is 1.64. The van der Waals surface area contributed by atoms with Crippen LogP contribution in [-0.2, 0) is 19.6 Å². The Kier molecular flexibility index (Phi) is 3.41. The molecule has 108 valence electrons. The lowest BCUT2D eigenvalue weighted by Gasteiger charge is -2.05. The highest BCUT2D eigenvalue weighted by molar-refractivity contribution is 5.92. The van der Waals surface area contributed by atoms with Crippen molar-refractivity contribution in [2.75, 3.05) is 0 Å². The largest absolute Gasteiger partial charge is 0.358 e. The molecule has 0 saturated carbocycles. The fraction of sp³-hybridized carbons (Fsp3) is 0.214. The SMILES string of the molecule is O=C(NCc1ccc2c(c1)CNC2)c1ccc([N+](=O)[O-])[nH]1. The van der Waals surface area contributed by atoms with Crippen LogP contribution in [-0.4, -0.2) is 15.8 Å². The van der Waals surface area contributed by atoms with Gasteiger partial charge < -0.3 is 20.7 Å². The molecule has 1 aromatic carbocycles. The lowest BCUT2D eigenvalue weighted by atomic mass is 10.1. The highest BCUT2D eigenvalue weighted by Crippen LogP contribution is 2.17.